The molecule has 1 N–H and O–H groups in total. The Morgan fingerprint density at radius 1 is 1.27 bits per heavy atom. The van der Waals surface area contributed by atoms with Crippen molar-refractivity contribution in [1.82, 2.24) is 9.88 Å². The van der Waals surface area contributed by atoms with Crippen LogP contribution in [-0.4, -0.2) is 57.8 Å². The van der Waals surface area contributed by atoms with Gasteiger partial charge in [-0.25, -0.2) is 0 Å². The average molecular weight is 395 g/mol. The molecule has 26 heavy (non-hydrogen) atoms. The molecule has 5 heteroatoms. The fourth-order valence-corrected chi connectivity index (χ4v) is 12.9. The Balaban J connectivity index is 1.75. The minimum absolute atomic E-state index is 0.413. The topological polar surface area (TPSA) is 24.5 Å². The van der Waals surface area contributed by atoms with E-state index in [2.05, 4.69) is 75.7 Å². The highest BCUT2D eigenvalue weighted by atomic mass is 32.2. The molecule has 3 nitrogen and oxygen atoms in total. The highest BCUT2D eigenvalue weighted by Gasteiger charge is 2.66. The monoisotopic (exact) mass is 394 g/mol. The molecule has 10 atom stereocenters. The van der Waals surface area contributed by atoms with Gasteiger partial charge in [-0.1, -0.05) is 33.0 Å². The lowest BCUT2D eigenvalue weighted by molar-refractivity contribution is -0.0560. The zero-order valence-electron chi connectivity index (χ0n) is 17.8. The molecule has 0 aromatic heterocycles. The number of hydrogen-bond acceptors (Lipinski definition) is 4. The molecule has 2 heterocycles. The lowest BCUT2D eigenvalue weighted by Gasteiger charge is -2.46. The molecule has 148 valence electrons. The Hall–Kier alpha value is 0.187. The van der Waals surface area contributed by atoms with Gasteiger partial charge in [0.15, 0.2) is 0 Å². The molecule has 0 radical (unpaired) electrons. The Kier molecular flexibility index (Phi) is 4.96. The molecule has 0 aromatic rings. The van der Waals surface area contributed by atoms with E-state index in [1.165, 1.54) is 6.42 Å². The molecular weight excluding hydrogens is 356 g/mol. The van der Waals surface area contributed by atoms with Crippen LogP contribution in [0.2, 0.25) is 18.6 Å². The third-order valence-corrected chi connectivity index (χ3v) is 13.9. The molecule has 2 aliphatic carbocycles. The van der Waals surface area contributed by atoms with Crippen molar-refractivity contribution in [2.75, 3.05) is 21.2 Å². The molecule has 4 rings (SSSR count). The van der Waals surface area contributed by atoms with Gasteiger partial charge in [0.25, 0.3) is 0 Å². The molecule has 1 saturated heterocycles. The number of hydrogen-bond donors (Lipinski definition) is 1. The number of thioether (sulfide) groups is 1. The number of nitrogens with one attached hydrogen (secondary N) is 1. The van der Waals surface area contributed by atoms with Gasteiger partial charge < -0.3 is 9.72 Å². The second kappa shape index (κ2) is 6.62. The number of fused-ring (bicyclic) bond motifs is 5. The van der Waals surface area contributed by atoms with Gasteiger partial charge in [0.2, 0.25) is 0 Å². The van der Waals surface area contributed by atoms with E-state index in [9.17, 15) is 0 Å². The lowest BCUT2D eigenvalue weighted by Crippen LogP contribution is -2.56. The molecule has 2 saturated carbocycles. The zero-order valence-corrected chi connectivity index (χ0v) is 19.6. The van der Waals surface area contributed by atoms with E-state index in [0.717, 1.165) is 34.6 Å². The first kappa shape index (κ1) is 19.5. The molecule has 4 aliphatic rings. The van der Waals surface area contributed by atoms with Crippen molar-refractivity contribution < 1.29 is 4.74 Å². The second-order valence-corrected chi connectivity index (χ2v) is 16.1. The molecule has 2 aliphatic heterocycles. The van der Waals surface area contributed by atoms with Gasteiger partial charge in [0, 0.05) is 24.4 Å². The molecule has 3 fully saturated rings. The van der Waals surface area contributed by atoms with Gasteiger partial charge in [-0.05, 0) is 67.5 Å². The first-order chi connectivity index (χ1) is 12.2. The van der Waals surface area contributed by atoms with E-state index >= 15 is 0 Å². The van der Waals surface area contributed by atoms with Crippen LogP contribution in [0.5, 0.6) is 0 Å². The van der Waals surface area contributed by atoms with Crippen molar-refractivity contribution in [3.8, 4) is 0 Å². The Labute approximate surface area is 165 Å². The van der Waals surface area contributed by atoms with Crippen LogP contribution in [0.4, 0.5) is 0 Å². The summed E-state index contributed by atoms with van der Waals surface area (Å²) in [4.78, 5) is 8.22. The second-order valence-electron chi connectivity index (χ2n) is 10.1. The zero-order chi connectivity index (χ0) is 19.0. The van der Waals surface area contributed by atoms with Gasteiger partial charge >= 0.3 is 0 Å². The standard InChI is InChI=1S/C21H38N2OSSi/c1-11-9-14-16-15-10-12(2)25-20(15)21(26(7,8)22-4)18(16)23(5)17(14)13(3)19(11)24-6/h10-11,13-22H,9H2,1-8H3. The highest BCUT2D eigenvalue weighted by molar-refractivity contribution is 8.04. The minimum Gasteiger partial charge on any atom is -0.381 e. The van der Waals surface area contributed by atoms with Gasteiger partial charge in [-0.15, -0.1) is 11.8 Å². The number of likely N-dealkylation sites (tertiary alicyclic amines) is 1. The van der Waals surface area contributed by atoms with E-state index in [1.54, 1.807) is 4.91 Å². The molecule has 0 spiro atoms. The Morgan fingerprint density at radius 2 is 1.96 bits per heavy atom. The molecular formula is C21H38N2OSSi. The van der Waals surface area contributed by atoms with Crippen LogP contribution in [0.15, 0.2) is 11.0 Å². The summed E-state index contributed by atoms with van der Waals surface area (Å²) < 4.78 is 5.97. The third-order valence-electron chi connectivity index (χ3n) is 8.57. The van der Waals surface area contributed by atoms with E-state index in [0.29, 0.717) is 24.0 Å². The van der Waals surface area contributed by atoms with Crippen molar-refractivity contribution in [3.05, 3.63) is 11.0 Å². The predicted molar refractivity (Wildman–Crippen MR) is 115 cm³/mol. The van der Waals surface area contributed by atoms with Crippen molar-refractivity contribution in [1.29, 1.82) is 0 Å². The van der Waals surface area contributed by atoms with E-state index in [-0.39, 0.29) is 0 Å². The van der Waals surface area contributed by atoms with Gasteiger partial charge in [0.1, 0.15) is 8.24 Å². The fraction of sp³-hybridized carbons (Fsp3) is 0.905. The maximum Gasteiger partial charge on any atom is 0.125 e. The van der Waals surface area contributed by atoms with Crippen LogP contribution >= 0.6 is 11.8 Å². The van der Waals surface area contributed by atoms with Crippen LogP contribution in [0, 0.1) is 29.6 Å². The van der Waals surface area contributed by atoms with Crippen molar-refractivity contribution >= 4 is 20.0 Å². The largest absolute Gasteiger partial charge is 0.381 e. The van der Waals surface area contributed by atoms with E-state index < -0.39 is 8.24 Å². The molecule has 0 aromatic carbocycles. The van der Waals surface area contributed by atoms with Gasteiger partial charge in [0.05, 0.1) is 6.10 Å². The summed E-state index contributed by atoms with van der Waals surface area (Å²) in [5.41, 5.74) is 0.820. The summed E-state index contributed by atoms with van der Waals surface area (Å²) in [6.45, 7) is 12.3. The maximum atomic E-state index is 5.97. The summed E-state index contributed by atoms with van der Waals surface area (Å²) in [7, 11) is 5.08. The van der Waals surface area contributed by atoms with Gasteiger partial charge in [-0.2, -0.15) is 0 Å². The number of nitrogens with zero attached hydrogens (tertiary/aromatic N) is 1. The molecule has 10 unspecified atom stereocenters. The van der Waals surface area contributed by atoms with E-state index in [4.69, 9.17) is 4.74 Å². The smallest absolute Gasteiger partial charge is 0.125 e. The predicted octanol–water partition coefficient (Wildman–Crippen LogP) is 4.04. The fourth-order valence-electron chi connectivity index (χ4n) is 7.58. The van der Waals surface area contributed by atoms with E-state index in [1.807, 2.05) is 7.11 Å². The lowest BCUT2D eigenvalue weighted by atomic mass is 9.66. The van der Waals surface area contributed by atoms with Crippen molar-refractivity contribution in [2.45, 2.75) is 69.3 Å². The summed E-state index contributed by atoms with van der Waals surface area (Å²) in [5.74, 6) is 3.76. The van der Waals surface area contributed by atoms with Crippen LogP contribution in [-0.2, 0) is 4.74 Å². The third kappa shape index (κ3) is 2.57. The van der Waals surface area contributed by atoms with Gasteiger partial charge in [-0.3, -0.25) is 4.90 Å². The minimum atomic E-state index is -1.49. The summed E-state index contributed by atoms with van der Waals surface area (Å²) >= 11 is 2.20. The van der Waals surface area contributed by atoms with Crippen LogP contribution in [0.1, 0.15) is 27.2 Å². The van der Waals surface area contributed by atoms with Crippen LogP contribution in [0.3, 0.4) is 0 Å². The molecule has 0 amide bonds. The normalized spacial score (nSPS) is 51.2. The number of rotatable bonds is 3. The maximum absolute atomic E-state index is 5.97. The Morgan fingerprint density at radius 3 is 2.58 bits per heavy atom. The summed E-state index contributed by atoms with van der Waals surface area (Å²) in [5, 5.41) is 0.799. The first-order valence-electron chi connectivity index (χ1n) is 10.5. The van der Waals surface area contributed by atoms with Crippen molar-refractivity contribution in [2.24, 2.45) is 29.6 Å². The number of ether oxygens (including phenoxy) is 1. The Bertz CT molecular complexity index is 597. The number of allylic oxidation sites excluding steroid dienone is 2. The SMILES string of the molecule is CN[Si](C)(C)C1C2SC(C)=CC2C2C3CC(C)C(OC)C(C)C3N(C)C21. The highest BCUT2D eigenvalue weighted by Crippen LogP contribution is 2.65. The summed E-state index contributed by atoms with van der Waals surface area (Å²) in [6.07, 6.45) is 4.41. The molecule has 0 bridgehead atoms. The van der Waals surface area contributed by atoms with Crippen LogP contribution in [0.25, 0.3) is 0 Å². The quantitative estimate of drug-likeness (QED) is 0.730. The van der Waals surface area contributed by atoms with Crippen molar-refractivity contribution in [3.63, 3.8) is 0 Å². The van der Waals surface area contributed by atoms with Crippen LogP contribution < -0.4 is 4.98 Å². The summed E-state index contributed by atoms with van der Waals surface area (Å²) in [6, 6.07) is 1.44. The average Bonchev–Trinajstić information content (AvgIpc) is 3.16. The first-order valence-corrected chi connectivity index (χ1v) is 14.5. The number of methoxy groups -OCH3 is 1.